The Hall–Kier alpha value is -2.44. The number of aromatic amines is 1. The zero-order chi connectivity index (χ0) is 19.0. The number of hydrogen-bond donors (Lipinski definition) is 1. The molecule has 3 heterocycles. The van der Waals surface area contributed by atoms with Gasteiger partial charge in [-0.2, -0.15) is 0 Å². The zero-order valence-electron chi connectivity index (χ0n) is 16.2. The summed E-state index contributed by atoms with van der Waals surface area (Å²) in [4.78, 5) is 21.2. The van der Waals surface area contributed by atoms with E-state index >= 15 is 0 Å². The Morgan fingerprint density at radius 2 is 1.96 bits per heavy atom. The molecular weight excluding hydrogens is 340 g/mol. The van der Waals surface area contributed by atoms with E-state index in [0.717, 1.165) is 66.3 Å². The number of aromatic nitrogens is 2. The molecule has 1 aliphatic heterocycles. The number of benzene rings is 1. The van der Waals surface area contributed by atoms with Gasteiger partial charge in [-0.15, -0.1) is 0 Å². The Kier molecular flexibility index (Phi) is 4.85. The molecule has 1 atom stereocenters. The van der Waals surface area contributed by atoms with E-state index in [1.165, 1.54) is 0 Å². The minimum absolute atomic E-state index is 0.126. The number of carbonyl (C=O) groups is 1. The molecule has 142 valence electrons. The Morgan fingerprint density at radius 1 is 1.22 bits per heavy atom. The molecule has 1 aromatic carbocycles. The number of para-hydroxylation sites is 1. The average Bonchev–Trinajstić information content (AvgIpc) is 3.23. The van der Waals surface area contributed by atoms with Gasteiger partial charge in [0, 0.05) is 61.0 Å². The molecule has 2 aromatic heterocycles. The summed E-state index contributed by atoms with van der Waals surface area (Å²) in [6.07, 6.45) is 0. The molecule has 1 saturated heterocycles. The summed E-state index contributed by atoms with van der Waals surface area (Å²) < 4.78 is 5.15. The third kappa shape index (κ3) is 3.55. The van der Waals surface area contributed by atoms with Crippen LogP contribution in [-0.2, 0) is 6.54 Å². The van der Waals surface area contributed by atoms with Crippen LogP contribution in [0, 0.1) is 13.8 Å². The molecule has 0 amide bonds. The SMILES string of the molecule is Cc1cc(CN2CCN([C@@H](C)C(=O)c3c(C)[nH]c4ccccc34)CC2)no1. The minimum atomic E-state index is -0.126. The van der Waals surface area contributed by atoms with Gasteiger partial charge in [-0.25, -0.2) is 0 Å². The topological polar surface area (TPSA) is 65.4 Å². The molecule has 6 nitrogen and oxygen atoms in total. The number of Topliss-reactive ketones (excluding diaryl/α,β-unsaturated/α-hetero) is 1. The van der Waals surface area contributed by atoms with Crippen molar-refractivity contribution in [2.75, 3.05) is 26.2 Å². The van der Waals surface area contributed by atoms with E-state index in [0.29, 0.717) is 0 Å². The lowest BCUT2D eigenvalue weighted by Crippen LogP contribution is -2.51. The monoisotopic (exact) mass is 366 g/mol. The van der Waals surface area contributed by atoms with Gasteiger partial charge in [0.2, 0.25) is 0 Å². The second-order valence-corrected chi connectivity index (χ2v) is 7.45. The van der Waals surface area contributed by atoms with Crippen LogP contribution in [0.1, 0.15) is 34.4 Å². The highest BCUT2D eigenvalue weighted by atomic mass is 16.5. The molecule has 0 aliphatic carbocycles. The van der Waals surface area contributed by atoms with Gasteiger partial charge >= 0.3 is 0 Å². The molecule has 1 fully saturated rings. The molecule has 1 aliphatic rings. The summed E-state index contributed by atoms with van der Waals surface area (Å²) in [7, 11) is 0. The van der Waals surface area contributed by atoms with Crippen molar-refractivity contribution in [2.45, 2.75) is 33.4 Å². The van der Waals surface area contributed by atoms with Crippen LogP contribution in [0.15, 0.2) is 34.9 Å². The maximum atomic E-state index is 13.2. The summed E-state index contributed by atoms with van der Waals surface area (Å²) in [5.41, 5.74) is 3.78. The van der Waals surface area contributed by atoms with Crippen LogP contribution in [0.2, 0.25) is 0 Å². The average molecular weight is 366 g/mol. The summed E-state index contributed by atoms with van der Waals surface area (Å²) in [6, 6.07) is 9.88. The van der Waals surface area contributed by atoms with Crippen molar-refractivity contribution >= 4 is 16.7 Å². The highest BCUT2D eigenvalue weighted by molar-refractivity contribution is 6.11. The van der Waals surface area contributed by atoms with Crippen molar-refractivity contribution in [1.82, 2.24) is 19.9 Å². The first-order chi connectivity index (χ1) is 13.0. The molecule has 3 aromatic rings. The van der Waals surface area contributed by atoms with Crippen molar-refractivity contribution in [3.8, 4) is 0 Å². The standard InChI is InChI=1S/C21H26N4O2/c1-14-12-17(23-27-14)13-24-8-10-25(11-9-24)16(3)21(26)20-15(2)22-19-7-5-4-6-18(19)20/h4-7,12,16,22H,8-11,13H2,1-3H3/t16-/m0/s1. The smallest absolute Gasteiger partial charge is 0.182 e. The van der Waals surface area contributed by atoms with Crippen molar-refractivity contribution in [2.24, 2.45) is 0 Å². The van der Waals surface area contributed by atoms with Crippen LogP contribution >= 0.6 is 0 Å². The first-order valence-corrected chi connectivity index (χ1v) is 9.53. The fraction of sp³-hybridized carbons (Fsp3) is 0.429. The van der Waals surface area contributed by atoms with E-state index in [1.807, 2.05) is 51.1 Å². The first-order valence-electron chi connectivity index (χ1n) is 9.53. The van der Waals surface area contributed by atoms with Crippen molar-refractivity contribution < 1.29 is 9.32 Å². The highest BCUT2D eigenvalue weighted by Crippen LogP contribution is 2.24. The van der Waals surface area contributed by atoms with Crippen LogP contribution in [-0.4, -0.2) is 57.9 Å². The lowest BCUT2D eigenvalue weighted by atomic mass is 10.0. The van der Waals surface area contributed by atoms with Crippen molar-refractivity contribution in [3.05, 3.63) is 53.0 Å². The molecule has 0 unspecified atom stereocenters. The van der Waals surface area contributed by atoms with Crippen LogP contribution in [0.5, 0.6) is 0 Å². The third-order valence-electron chi connectivity index (χ3n) is 5.54. The molecule has 0 spiro atoms. The second-order valence-electron chi connectivity index (χ2n) is 7.45. The van der Waals surface area contributed by atoms with Gasteiger partial charge in [0.25, 0.3) is 0 Å². The molecule has 1 N–H and O–H groups in total. The molecular formula is C21H26N4O2. The Bertz CT molecular complexity index is 950. The summed E-state index contributed by atoms with van der Waals surface area (Å²) in [6.45, 7) is 10.3. The molecule has 27 heavy (non-hydrogen) atoms. The molecule has 6 heteroatoms. The van der Waals surface area contributed by atoms with Crippen molar-refractivity contribution in [3.63, 3.8) is 0 Å². The fourth-order valence-corrected chi connectivity index (χ4v) is 4.00. The number of hydrogen-bond acceptors (Lipinski definition) is 5. The maximum absolute atomic E-state index is 13.2. The second kappa shape index (κ2) is 7.29. The van der Waals surface area contributed by atoms with E-state index in [-0.39, 0.29) is 11.8 Å². The predicted molar refractivity (Wildman–Crippen MR) is 105 cm³/mol. The maximum Gasteiger partial charge on any atom is 0.182 e. The quantitative estimate of drug-likeness (QED) is 0.703. The number of piperazine rings is 1. The van der Waals surface area contributed by atoms with Gasteiger partial charge in [0.1, 0.15) is 5.76 Å². The lowest BCUT2D eigenvalue weighted by molar-refractivity contribution is 0.0684. The van der Waals surface area contributed by atoms with Crippen LogP contribution in [0.25, 0.3) is 10.9 Å². The number of carbonyl (C=O) groups excluding carboxylic acids is 1. The summed E-state index contributed by atoms with van der Waals surface area (Å²) in [5.74, 6) is 1.04. The highest BCUT2D eigenvalue weighted by Gasteiger charge is 2.29. The van der Waals surface area contributed by atoms with E-state index < -0.39 is 0 Å². The van der Waals surface area contributed by atoms with Gasteiger partial charge in [-0.3, -0.25) is 14.6 Å². The number of aryl methyl sites for hydroxylation is 2. The van der Waals surface area contributed by atoms with Crippen LogP contribution in [0.3, 0.4) is 0 Å². The lowest BCUT2D eigenvalue weighted by Gasteiger charge is -2.37. The molecule has 0 saturated carbocycles. The third-order valence-corrected chi connectivity index (χ3v) is 5.54. The van der Waals surface area contributed by atoms with E-state index in [9.17, 15) is 4.79 Å². The van der Waals surface area contributed by atoms with Crippen LogP contribution in [0.4, 0.5) is 0 Å². The number of nitrogens with zero attached hydrogens (tertiary/aromatic N) is 3. The molecule has 4 rings (SSSR count). The minimum Gasteiger partial charge on any atom is -0.361 e. The van der Waals surface area contributed by atoms with E-state index in [4.69, 9.17) is 4.52 Å². The number of rotatable bonds is 5. The van der Waals surface area contributed by atoms with Gasteiger partial charge < -0.3 is 9.51 Å². The predicted octanol–water partition coefficient (Wildman–Crippen LogP) is 3.16. The summed E-state index contributed by atoms with van der Waals surface area (Å²) >= 11 is 0. The normalized spacial score (nSPS) is 17.4. The first kappa shape index (κ1) is 17.9. The largest absolute Gasteiger partial charge is 0.361 e. The summed E-state index contributed by atoms with van der Waals surface area (Å²) in [5, 5.41) is 5.10. The molecule has 0 bridgehead atoms. The van der Waals surface area contributed by atoms with Crippen LogP contribution < -0.4 is 0 Å². The number of H-pyrrole nitrogens is 1. The van der Waals surface area contributed by atoms with Gasteiger partial charge in [0.05, 0.1) is 11.7 Å². The number of nitrogens with one attached hydrogen (secondary N) is 1. The van der Waals surface area contributed by atoms with Gasteiger partial charge in [-0.05, 0) is 26.8 Å². The van der Waals surface area contributed by atoms with Gasteiger partial charge in [0.15, 0.2) is 5.78 Å². The van der Waals surface area contributed by atoms with E-state index in [2.05, 4.69) is 19.9 Å². The Labute approximate surface area is 159 Å². The fourth-order valence-electron chi connectivity index (χ4n) is 4.00. The van der Waals surface area contributed by atoms with Crippen molar-refractivity contribution in [1.29, 1.82) is 0 Å². The zero-order valence-corrected chi connectivity index (χ0v) is 16.2. The van der Waals surface area contributed by atoms with Gasteiger partial charge in [-0.1, -0.05) is 23.4 Å². The molecule has 0 radical (unpaired) electrons. The Balaban J connectivity index is 1.42. The Morgan fingerprint density at radius 3 is 2.67 bits per heavy atom. The number of fused-ring (bicyclic) bond motifs is 1. The number of ketones is 1. The van der Waals surface area contributed by atoms with E-state index in [1.54, 1.807) is 0 Å².